The van der Waals surface area contributed by atoms with E-state index >= 15 is 0 Å². The summed E-state index contributed by atoms with van der Waals surface area (Å²) in [4.78, 5) is 12.5. The molecule has 26 heavy (non-hydrogen) atoms. The van der Waals surface area contributed by atoms with Crippen LogP contribution in [0.3, 0.4) is 0 Å². The lowest BCUT2D eigenvalue weighted by Gasteiger charge is -2.15. The second kappa shape index (κ2) is 8.48. The highest BCUT2D eigenvalue weighted by Crippen LogP contribution is 2.24. The van der Waals surface area contributed by atoms with Crippen LogP contribution in [0.2, 0.25) is 0 Å². The quantitative estimate of drug-likeness (QED) is 0.495. The van der Waals surface area contributed by atoms with E-state index in [1.54, 1.807) is 12.3 Å². The lowest BCUT2D eigenvalue weighted by molar-refractivity contribution is -0.117. The number of nitrogens with zero attached hydrogens (tertiary/aromatic N) is 2. The smallest absolute Gasteiger partial charge is 0.262 e. The van der Waals surface area contributed by atoms with E-state index in [9.17, 15) is 10.1 Å². The molecule has 1 aromatic heterocycles. The standard InChI is InChI=1S/C21H24N4O/c1-15-8-10-16(11-9-15)20-18(14-23-25-20)12-17(13-22)21(26)24-19-6-4-2-3-5-7-19/h8-12,14,19H,2-7H2,1H3,(H,23,25)(H,24,26)/b17-12+. The molecule has 1 heterocycles. The molecule has 3 rings (SSSR count). The fraction of sp³-hybridized carbons (Fsp3) is 0.381. The number of amides is 1. The molecular weight excluding hydrogens is 324 g/mol. The number of hydrogen-bond donors (Lipinski definition) is 2. The SMILES string of the molecule is Cc1ccc(-c2[nH]ncc2/C=C(\C#N)C(=O)NC2CCCCCC2)cc1. The Bertz CT molecular complexity index is 818. The van der Waals surface area contributed by atoms with Crippen molar-refractivity contribution < 1.29 is 4.79 Å². The van der Waals surface area contributed by atoms with Gasteiger partial charge in [0.2, 0.25) is 0 Å². The lowest BCUT2D eigenvalue weighted by atomic mass is 10.0. The van der Waals surface area contributed by atoms with E-state index in [-0.39, 0.29) is 17.5 Å². The number of hydrogen-bond acceptors (Lipinski definition) is 3. The number of nitrogens with one attached hydrogen (secondary N) is 2. The fourth-order valence-electron chi connectivity index (χ4n) is 3.35. The Morgan fingerprint density at radius 1 is 1.23 bits per heavy atom. The van der Waals surface area contributed by atoms with E-state index in [0.29, 0.717) is 0 Å². The minimum absolute atomic E-state index is 0.115. The molecule has 2 aromatic rings. The monoisotopic (exact) mass is 348 g/mol. The van der Waals surface area contributed by atoms with Crippen LogP contribution in [-0.2, 0) is 4.79 Å². The zero-order chi connectivity index (χ0) is 18.4. The predicted molar refractivity (Wildman–Crippen MR) is 102 cm³/mol. The Morgan fingerprint density at radius 2 is 1.92 bits per heavy atom. The summed E-state index contributed by atoms with van der Waals surface area (Å²) < 4.78 is 0. The summed E-state index contributed by atoms with van der Waals surface area (Å²) in [7, 11) is 0. The van der Waals surface area contributed by atoms with Crippen molar-refractivity contribution in [2.75, 3.05) is 0 Å². The maximum absolute atomic E-state index is 12.5. The van der Waals surface area contributed by atoms with Gasteiger partial charge in [0.05, 0.1) is 11.9 Å². The van der Waals surface area contributed by atoms with Gasteiger partial charge in [0.25, 0.3) is 5.91 Å². The average Bonchev–Trinajstić information content (AvgIpc) is 2.95. The van der Waals surface area contributed by atoms with Crippen LogP contribution in [0.25, 0.3) is 17.3 Å². The third-order valence-electron chi connectivity index (χ3n) is 4.86. The molecular formula is C21H24N4O. The van der Waals surface area contributed by atoms with Crippen molar-refractivity contribution in [1.29, 1.82) is 5.26 Å². The first-order valence-electron chi connectivity index (χ1n) is 9.20. The first-order valence-corrected chi connectivity index (χ1v) is 9.20. The van der Waals surface area contributed by atoms with Crippen LogP contribution in [0.15, 0.2) is 36.0 Å². The van der Waals surface area contributed by atoms with Crippen molar-refractivity contribution in [3.05, 3.63) is 47.2 Å². The number of aryl methyl sites for hydroxylation is 1. The molecule has 5 nitrogen and oxygen atoms in total. The van der Waals surface area contributed by atoms with E-state index in [1.165, 1.54) is 18.4 Å². The van der Waals surface area contributed by atoms with Crippen LogP contribution in [0, 0.1) is 18.3 Å². The topological polar surface area (TPSA) is 81.6 Å². The number of H-pyrrole nitrogens is 1. The van der Waals surface area contributed by atoms with Crippen LogP contribution in [0.4, 0.5) is 0 Å². The third kappa shape index (κ3) is 4.40. The minimum atomic E-state index is -0.296. The van der Waals surface area contributed by atoms with E-state index in [0.717, 1.165) is 42.5 Å². The molecule has 1 aliphatic rings. The van der Waals surface area contributed by atoms with Crippen molar-refractivity contribution in [2.24, 2.45) is 0 Å². The van der Waals surface area contributed by atoms with E-state index in [1.807, 2.05) is 37.3 Å². The Labute approximate surface area is 154 Å². The maximum atomic E-state index is 12.5. The second-order valence-corrected chi connectivity index (χ2v) is 6.90. The molecule has 0 bridgehead atoms. The summed E-state index contributed by atoms with van der Waals surface area (Å²) in [6.07, 6.45) is 9.96. The van der Waals surface area contributed by atoms with Crippen molar-refractivity contribution >= 4 is 12.0 Å². The minimum Gasteiger partial charge on any atom is -0.349 e. The molecule has 1 saturated carbocycles. The Kier molecular flexibility index (Phi) is 5.85. The highest BCUT2D eigenvalue weighted by Gasteiger charge is 2.18. The van der Waals surface area contributed by atoms with Crippen LogP contribution in [-0.4, -0.2) is 22.1 Å². The molecule has 5 heteroatoms. The van der Waals surface area contributed by atoms with Gasteiger partial charge in [-0.3, -0.25) is 9.89 Å². The van der Waals surface area contributed by atoms with Gasteiger partial charge in [0.1, 0.15) is 11.6 Å². The first kappa shape index (κ1) is 17.9. The first-order chi connectivity index (χ1) is 12.7. The van der Waals surface area contributed by atoms with Crippen LogP contribution in [0.5, 0.6) is 0 Å². The van der Waals surface area contributed by atoms with Crippen molar-refractivity contribution in [2.45, 2.75) is 51.5 Å². The summed E-state index contributed by atoms with van der Waals surface area (Å²) >= 11 is 0. The molecule has 0 unspecified atom stereocenters. The largest absolute Gasteiger partial charge is 0.349 e. The molecule has 1 amide bonds. The molecule has 2 N–H and O–H groups in total. The van der Waals surface area contributed by atoms with Crippen molar-refractivity contribution in [1.82, 2.24) is 15.5 Å². The molecule has 0 spiro atoms. The van der Waals surface area contributed by atoms with Gasteiger partial charge in [0.15, 0.2) is 0 Å². The zero-order valence-electron chi connectivity index (χ0n) is 15.1. The number of aromatic nitrogens is 2. The second-order valence-electron chi connectivity index (χ2n) is 6.90. The van der Waals surface area contributed by atoms with Crippen molar-refractivity contribution in [3.63, 3.8) is 0 Å². The van der Waals surface area contributed by atoms with Gasteiger partial charge in [-0.25, -0.2) is 0 Å². The van der Waals surface area contributed by atoms with E-state index in [2.05, 4.69) is 15.5 Å². The molecule has 1 aromatic carbocycles. The van der Waals surface area contributed by atoms with Gasteiger partial charge < -0.3 is 5.32 Å². The number of aromatic amines is 1. The molecule has 0 atom stereocenters. The third-order valence-corrected chi connectivity index (χ3v) is 4.86. The number of rotatable bonds is 4. The summed E-state index contributed by atoms with van der Waals surface area (Å²) in [6, 6.07) is 10.2. The van der Waals surface area contributed by atoms with Crippen LogP contribution in [0.1, 0.15) is 49.7 Å². The van der Waals surface area contributed by atoms with Gasteiger partial charge in [-0.1, -0.05) is 55.5 Å². The summed E-state index contributed by atoms with van der Waals surface area (Å²) in [6.45, 7) is 2.03. The maximum Gasteiger partial charge on any atom is 0.262 e. The van der Waals surface area contributed by atoms with Gasteiger partial charge in [-0.15, -0.1) is 0 Å². The average molecular weight is 348 g/mol. The number of carbonyl (C=O) groups is 1. The normalized spacial score (nSPS) is 15.9. The molecule has 1 fully saturated rings. The highest BCUT2D eigenvalue weighted by atomic mass is 16.1. The van der Waals surface area contributed by atoms with E-state index in [4.69, 9.17) is 0 Å². The summed E-state index contributed by atoms with van der Waals surface area (Å²) in [5, 5.41) is 19.5. The fourth-order valence-corrected chi connectivity index (χ4v) is 3.35. The zero-order valence-corrected chi connectivity index (χ0v) is 15.1. The Balaban J connectivity index is 1.79. The molecule has 134 valence electrons. The molecule has 0 radical (unpaired) electrons. The van der Waals surface area contributed by atoms with Gasteiger partial charge in [0, 0.05) is 17.2 Å². The van der Waals surface area contributed by atoms with Crippen LogP contribution < -0.4 is 5.32 Å². The Morgan fingerprint density at radius 3 is 2.58 bits per heavy atom. The predicted octanol–water partition coefficient (Wildman–Crippen LogP) is 4.13. The van der Waals surface area contributed by atoms with Gasteiger partial charge in [-0.05, 0) is 25.8 Å². The molecule has 0 saturated heterocycles. The van der Waals surface area contributed by atoms with E-state index < -0.39 is 0 Å². The number of benzene rings is 1. The van der Waals surface area contributed by atoms with Gasteiger partial charge in [-0.2, -0.15) is 10.4 Å². The number of nitriles is 1. The summed E-state index contributed by atoms with van der Waals surface area (Å²) in [5.74, 6) is -0.296. The van der Waals surface area contributed by atoms with Gasteiger partial charge >= 0.3 is 0 Å². The van der Waals surface area contributed by atoms with Crippen LogP contribution >= 0.6 is 0 Å². The molecule has 0 aliphatic heterocycles. The summed E-state index contributed by atoms with van der Waals surface area (Å²) in [5.41, 5.74) is 3.80. The number of carbonyl (C=O) groups excluding carboxylic acids is 1. The molecule has 1 aliphatic carbocycles. The lowest BCUT2D eigenvalue weighted by Crippen LogP contribution is -2.35. The Hall–Kier alpha value is -2.87. The van der Waals surface area contributed by atoms with Crippen molar-refractivity contribution in [3.8, 4) is 17.3 Å². The highest BCUT2D eigenvalue weighted by molar-refractivity contribution is 6.02.